The number of nitrogens with one attached hydrogen (secondary N) is 1. The number of ether oxygens (including phenoxy) is 1. The Morgan fingerprint density at radius 2 is 1.82 bits per heavy atom. The maximum atomic E-state index is 14.8. The van der Waals surface area contributed by atoms with Crippen LogP contribution in [0.25, 0.3) is 11.1 Å². The van der Waals surface area contributed by atoms with E-state index in [9.17, 15) is 28.9 Å². The van der Waals surface area contributed by atoms with Gasteiger partial charge in [-0.3, -0.25) is 14.2 Å². The van der Waals surface area contributed by atoms with E-state index >= 15 is 0 Å². The number of aromatic nitrogens is 3. The van der Waals surface area contributed by atoms with Crippen LogP contribution in [-0.2, 0) is 18.9 Å². The number of hydrogen-bond donors (Lipinski definition) is 1. The van der Waals surface area contributed by atoms with Crippen LogP contribution in [0.5, 0.6) is 11.5 Å². The molecule has 4 aromatic rings. The SMILES string of the molecule is CCc1[nH]c(=O)c(-c2cccc(C#N)c2)cc1Cn1cnc(C(F)(F)CC)c(Oc2cc(Cl)cc(C#N)c2)c1=O. The van der Waals surface area contributed by atoms with Gasteiger partial charge in [-0.15, -0.1) is 0 Å². The number of halogens is 3. The van der Waals surface area contributed by atoms with Gasteiger partial charge in [-0.05, 0) is 53.9 Å². The van der Waals surface area contributed by atoms with Gasteiger partial charge in [0.15, 0.2) is 5.69 Å². The Hall–Kier alpha value is -4.80. The molecule has 0 spiro atoms. The van der Waals surface area contributed by atoms with Crippen LogP contribution in [0.15, 0.2) is 64.4 Å². The van der Waals surface area contributed by atoms with E-state index in [0.717, 1.165) is 10.9 Å². The van der Waals surface area contributed by atoms with Gasteiger partial charge in [0.1, 0.15) is 5.75 Å². The summed E-state index contributed by atoms with van der Waals surface area (Å²) in [5.41, 5.74) is 0.230. The maximum Gasteiger partial charge on any atom is 0.297 e. The van der Waals surface area contributed by atoms with Crippen LogP contribution in [-0.4, -0.2) is 14.5 Å². The first-order valence-corrected chi connectivity index (χ1v) is 12.6. The number of nitriles is 2. The molecular weight excluding hydrogens is 540 g/mol. The van der Waals surface area contributed by atoms with Crippen molar-refractivity contribution in [3.8, 4) is 34.8 Å². The van der Waals surface area contributed by atoms with Crippen LogP contribution in [0, 0.1) is 22.7 Å². The van der Waals surface area contributed by atoms with E-state index in [1.807, 2.05) is 19.1 Å². The van der Waals surface area contributed by atoms with Gasteiger partial charge in [0.25, 0.3) is 17.0 Å². The standard InChI is InChI=1S/C29H22ClF2N5O3/c1-3-24-20(11-23(27(38)36-24)19-7-5-6-17(8-19)13-33)15-37-16-35-26(29(31,32)4-2)25(28(37)39)40-22-10-18(14-34)9-21(30)12-22/h5-12,16H,3-4,15H2,1-2H3,(H,36,38). The smallest absolute Gasteiger partial charge is 0.297 e. The summed E-state index contributed by atoms with van der Waals surface area (Å²) in [5, 5.41) is 18.6. The molecule has 2 aromatic heterocycles. The van der Waals surface area contributed by atoms with Crippen molar-refractivity contribution in [3.05, 3.63) is 109 Å². The Morgan fingerprint density at radius 3 is 2.50 bits per heavy atom. The second-order valence-corrected chi connectivity index (χ2v) is 9.30. The monoisotopic (exact) mass is 561 g/mol. The summed E-state index contributed by atoms with van der Waals surface area (Å²) in [4.78, 5) is 33.1. The fraction of sp³-hybridized carbons (Fsp3) is 0.207. The van der Waals surface area contributed by atoms with Gasteiger partial charge in [0.05, 0.1) is 36.1 Å². The van der Waals surface area contributed by atoms with Crippen molar-refractivity contribution < 1.29 is 13.5 Å². The molecule has 0 fully saturated rings. The third-order valence-electron chi connectivity index (χ3n) is 6.22. The van der Waals surface area contributed by atoms with Crippen molar-refractivity contribution >= 4 is 11.6 Å². The number of pyridine rings is 1. The van der Waals surface area contributed by atoms with E-state index in [1.54, 1.807) is 30.3 Å². The summed E-state index contributed by atoms with van der Waals surface area (Å²) in [5.74, 6) is -4.26. The largest absolute Gasteiger partial charge is 0.449 e. The quantitative estimate of drug-likeness (QED) is 0.285. The van der Waals surface area contributed by atoms with Gasteiger partial charge < -0.3 is 9.72 Å². The van der Waals surface area contributed by atoms with Crippen LogP contribution in [0.1, 0.15) is 48.3 Å². The molecule has 0 saturated heterocycles. The predicted octanol–water partition coefficient (Wildman–Crippen LogP) is 5.90. The first-order chi connectivity index (χ1) is 19.1. The van der Waals surface area contributed by atoms with E-state index < -0.39 is 29.3 Å². The molecule has 202 valence electrons. The Morgan fingerprint density at radius 1 is 1.07 bits per heavy atom. The summed E-state index contributed by atoms with van der Waals surface area (Å²) in [6, 6.07) is 16.0. The number of nitrogens with zero attached hydrogens (tertiary/aromatic N) is 4. The summed E-state index contributed by atoms with van der Waals surface area (Å²) >= 11 is 6.04. The molecule has 0 unspecified atom stereocenters. The van der Waals surface area contributed by atoms with Crippen LogP contribution >= 0.6 is 11.6 Å². The molecule has 2 aromatic carbocycles. The van der Waals surface area contributed by atoms with E-state index in [2.05, 4.69) is 9.97 Å². The van der Waals surface area contributed by atoms with Gasteiger partial charge in [-0.1, -0.05) is 37.6 Å². The van der Waals surface area contributed by atoms with Gasteiger partial charge in [0.2, 0.25) is 5.75 Å². The third-order valence-corrected chi connectivity index (χ3v) is 6.44. The van der Waals surface area contributed by atoms with Gasteiger partial charge in [0, 0.05) is 22.7 Å². The molecule has 40 heavy (non-hydrogen) atoms. The molecule has 0 atom stereocenters. The fourth-order valence-electron chi connectivity index (χ4n) is 4.13. The van der Waals surface area contributed by atoms with Gasteiger partial charge in [-0.2, -0.15) is 19.3 Å². The van der Waals surface area contributed by atoms with Crippen molar-refractivity contribution in [2.24, 2.45) is 0 Å². The second kappa shape index (κ2) is 11.5. The van der Waals surface area contributed by atoms with Crippen LogP contribution in [0.3, 0.4) is 0 Å². The van der Waals surface area contributed by atoms with Crippen molar-refractivity contribution in [3.63, 3.8) is 0 Å². The molecule has 0 aliphatic heterocycles. The highest BCUT2D eigenvalue weighted by Crippen LogP contribution is 2.36. The lowest BCUT2D eigenvalue weighted by molar-refractivity contribution is -0.0151. The predicted molar refractivity (Wildman–Crippen MR) is 145 cm³/mol. The highest BCUT2D eigenvalue weighted by Gasteiger charge is 2.37. The zero-order valence-electron chi connectivity index (χ0n) is 21.5. The minimum Gasteiger partial charge on any atom is -0.449 e. The lowest BCUT2D eigenvalue weighted by Crippen LogP contribution is -2.28. The number of H-pyrrole nitrogens is 1. The number of alkyl halides is 2. The average Bonchev–Trinajstić information content (AvgIpc) is 2.95. The Kier molecular flexibility index (Phi) is 8.13. The molecule has 0 bridgehead atoms. The summed E-state index contributed by atoms with van der Waals surface area (Å²) in [7, 11) is 0. The molecular formula is C29H22ClF2N5O3. The normalized spacial score (nSPS) is 11.1. The molecule has 2 heterocycles. The Balaban J connectivity index is 1.85. The molecule has 8 nitrogen and oxygen atoms in total. The van der Waals surface area contributed by atoms with Crippen molar-refractivity contribution in [2.45, 2.75) is 39.2 Å². The molecule has 11 heteroatoms. The van der Waals surface area contributed by atoms with Crippen molar-refractivity contribution in [1.82, 2.24) is 14.5 Å². The molecule has 0 saturated carbocycles. The molecule has 0 aliphatic rings. The summed E-state index contributed by atoms with van der Waals surface area (Å²) < 4.78 is 36.4. The molecule has 0 aliphatic carbocycles. The zero-order valence-corrected chi connectivity index (χ0v) is 22.2. The van der Waals surface area contributed by atoms with E-state index in [-0.39, 0.29) is 34.0 Å². The summed E-state index contributed by atoms with van der Waals surface area (Å²) in [6.45, 7) is 2.95. The minimum atomic E-state index is -3.48. The molecule has 0 amide bonds. The van der Waals surface area contributed by atoms with Crippen molar-refractivity contribution in [1.29, 1.82) is 10.5 Å². The second-order valence-electron chi connectivity index (χ2n) is 8.86. The van der Waals surface area contributed by atoms with Gasteiger partial charge in [-0.25, -0.2) is 4.98 Å². The highest BCUT2D eigenvalue weighted by molar-refractivity contribution is 6.30. The average molecular weight is 562 g/mol. The summed E-state index contributed by atoms with van der Waals surface area (Å²) in [6.07, 6.45) is 0.789. The van der Waals surface area contributed by atoms with E-state index in [4.69, 9.17) is 16.3 Å². The first kappa shape index (κ1) is 28.2. The minimum absolute atomic E-state index is 0.0770. The van der Waals surface area contributed by atoms with Gasteiger partial charge >= 0.3 is 0 Å². The number of benzene rings is 2. The van der Waals surface area contributed by atoms with Crippen LogP contribution < -0.4 is 15.9 Å². The highest BCUT2D eigenvalue weighted by atomic mass is 35.5. The van der Waals surface area contributed by atoms with E-state index in [1.165, 1.54) is 25.1 Å². The first-order valence-electron chi connectivity index (χ1n) is 12.2. The Bertz CT molecular complexity index is 1800. The van der Waals surface area contributed by atoms with Crippen molar-refractivity contribution in [2.75, 3.05) is 0 Å². The lowest BCUT2D eigenvalue weighted by atomic mass is 10.0. The zero-order chi connectivity index (χ0) is 29.0. The van der Waals surface area contributed by atoms with E-state index in [0.29, 0.717) is 28.8 Å². The lowest BCUT2D eigenvalue weighted by Gasteiger charge is -2.19. The molecule has 0 radical (unpaired) electrons. The number of hydrogen-bond acceptors (Lipinski definition) is 6. The molecule has 1 N–H and O–H groups in total. The maximum absolute atomic E-state index is 14.8. The topological polar surface area (TPSA) is 125 Å². The molecule has 4 rings (SSSR count). The Labute approximate surface area is 232 Å². The third kappa shape index (κ3) is 5.78. The number of aryl methyl sites for hydroxylation is 1. The van der Waals surface area contributed by atoms with Crippen LogP contribution in [0.2, 0.25) is 5.02 Å². The van der Waals surface area contributed by atoms with Crippen LogP contribution in [0.4, 0.5) is 8.78 Å². The number of rotatable bonds is 8. The number of aromatic amines is 1. The fourth-order valence-corrected chi connectivity index (χ4v) is 4.35.